The summed E-state index contributed by atoms with van der Waals surface area (Å²) in [6.07, 6.45) is 3.21. The van der Waals surface area contributed by atoms with Gasteiger partial charge in [-0.1, -0.05) is 18.7 Å². The number of esters is 1. The van der Waals surface area contributed by atoms with Gasteiger partial charge in [-0.05, 0) is 31.7 Å². The summed E-state index contributed by atoms with van der Waals surface area (Å²) in [5.41, 5.74) is 5.91. The molecule has 0 aliphatic heterocycles. The molecule has 0 saturated heterocycles. The fourth-order valence-corrected chi connectivity index (χ4v) is 4.80. The van der Waals surface area contributed by atoms with E-state index in [0.717, 1.165) is 43.0 Å². The van der Waals surface area contributed by atoms with Crippen LogP contribution < -0.4 is 11.1 Å². The number of thioether (sulfide) groups is 1. The van der Waals surface area contributed by atoms with Gasteiger partial charge in [0.25, 0.3) is 5.91 Å². The van der Waals surface area contributed by atoms with Crippen molar-refractivity contribution in [3.63, 3.8) is 0 Å². The molecule has 1 aliphatic rings. The van der Waals surface area contributed by atoms with Crippen LogP contribution in [0.15, 0.2) is 5.16 Å². The summed E-state index contributed by atoms with van der Waals surface area (Å²) in [5, 5.41) is 12.2. The maximum absolute atomic E-state index is 12.5. The van der Waals surface area contributed by atoms with Crippen LogP contribution in [0.4, 0.5) is 5.00 Å². The number of anilines is 1. The molecule has 11 heteroatoms. The third-order valence-corrected chi connectivity index (χ3v) is 6.67. The molecule has 156 valence electrons. The van der Waals surface area contributed by atoms with E-state index in [0.29, 0.717) is 16.6 Å². The Kier molecular flexibility index (Phi) is 6.58. The van der Waals surface area contributed by atoms with E-state index in [4.69, 9.17) is 10.5 Å². The van der Waals surface area contributed by atoms with Crippen molar-refractivity contribution in [3.05, 3.63) is 21.8 Å². The minimum Gasteiger partial charge on any atom is -0.465 e. The number of methoxy groups -OCH3 is 1. The maximum Gasteiger partial charge on any atom is 0.341 e. The van der Waals surface area contributed by atoms with Crippen molar-refractivity contribution >= 4 is 45.9 Å². The van der Waals surface area contributed by atoms with Gasteiger partial charge < -0.3 is 20.4 Å². The number of aromatic nitrogens is 3. The van der Waals surface area contributed by atoms with E-state index >= 15 is 0 Å². The maximum atomic E-state index is 12.5. The lowest BCUT2D eigenvalue weighted by Gasteiger charge is -2.08. The van der Waals surface area contributed by atoms with Crippen molar-refractivity contribution in [2.45, 2.75) is 50.7 Å². The Balaban J connectivity index is 1.72. The van der Waals surface area contributed by atoms with Crippen LogP contribution >= 0.6 is 23.1 Å². The van der Waals surface area contributed by atoms with E-state index in [1.54, 1.807) is 6.92 Å². The smallest absolute Gasteiger partial charge is 0.341 e. The van der Waals surface area contributed by atoms with Crippen molar-refractivity contribution in [1.82, 2.24) is 14.8 Å². The van der Waals surface area contributed by atoms with E-state index in [-0.39, 0.29) is 27.1 Å². The number of carbonyl (C=O) groups is 3. The molecule has 0 aromatic carbocycles. The molecule has 29 heavy (non-hydrogen) atoms. The highest BCUT2D eigenvalue weighted by Crippen LogP contribution is 2.40. The van der Waals surface area contributed by atoms with Crippen LogP contribution in [0, 0.1) is 6.92 Å². The Morgan fingerprint density at radius 3 is 2.66 bits per heavy atom. The van der Waals surface area contributed by atoms with E-state index in [1.807, 2.05) is 0 Å². The Hall–Kier alpha value is -2.40. The molecular formula is C18H23N5O4S2. The lowest BCUT2D eigenvalue weighted by atomic mass is 10.1. The Labute approximate surface area is 176 Å². The highest BCUT2D eigenvalue weighted by atomic mass is 32.2. The summed E-state index contributed by atoms with van der Waals surface area (Å²) >= 11 is 2.26. The van der Waals surface area contributed by atoms with E-state index in [2.05, 4.69) is 27.0 Å². The number of thiophene rings is 1. The average molecular weight is 438 g/mol. The van der Waals surface area contributed by atoms with Gasteiger partial charge >= 0.3 is 5.97 Å². The van der Waals surface area contributed by atoms with Crippen LogP contribution in [-0.2, 0) is 16.1 Å². The zero-order valence-electron chi connectivity index (χ0n) is 16.5. The quantitative estimate of drug-likeness (QED) is 0.455. The molecule has 9 nitrogen and oxygen atoms in total. The topological polar surface area (TPSA) is 129 Å². The van der Waals surface area contributed by atoms with Crippen molar-refractivity contribution in [2.75, 3.05) is 18.2 Å². The number of nitrogens with one attached hydrogen (secondary N) is 1. The first-order valence-electron chi connectivity index (χ1n) is 9.24. The predicted molar refractivity (Wildman–Crippen MR) is 111 cm³/mol. The summed E-state index contributed by atoms with van der Waals surface area (Å²) in [6, 6.07) is 0. The minimum atomic E-state index is -0.659. The number of rotatable bonds is 9. The molecule has 3 N–H and O–H groups in total. The van der Waals surface area contributed by atoms with E-state index in [1.165, 1.54) is 18.9 Å². The molecule has 2 aromatic rings. The molecule has 1 saturated carbocycles. The van der Waals surface area contributed by atoms with Gasteiger partial charge in [-0.15, -0.1) is 21.5 Å². The van der Waals surface area contributed by atoms with Gasteiger partial charge in [0.15, 0.2) is 5.16 Å². The summed E-state index contributed by atoms with van der Waals surface area (Å²) in [4.78, 5) is 36.4. The molecule has 0 radical (unpaired) electrons. The third-order valence-electron chi connectivity index (χ3n) is 4.48. The summed E-state index contributed by atoms with van der Waals surface area (Å²) in [5.74, 6) is -0.0604. The van der Waals surface area contributed by atoms with Crippen molar-refractivity contribution in [1.29, 1.82) is 0 Å². The molecule has 3 rings (SSSR count). The SMILES string of the molecule is CCCn1c(SCC(=O)Nc2sc(C(N)=O)c(C)c2C(=O)OC)nnc1C1CC1. The number of nitrogens with two attached hydrogens (primary N) is 1. The Bertz CT molecular complexity index is 948. The first-order valence-corrected chi connectivity index (χ1v) is 11.0. The fraction of sp³-hybridized carbons (Fsp3) is 0.500. The lowest BCUT2D eigenvalue weighted by molar-refractivity contribution is -0.113. The summed E-state index contributed by atoms with van der Waals surface area (Å²) in [6.45, 7) is 4.49. The largest absolute Gasteiger partial charge is 0.465 e. The highest BCUT2D eigenvalue weighted by molar-refractivity contribution is 7.99. The molecule has 1 aliphatic carbocycles. The van der Waals surface area contributed by atoms with E-state index < -0.39 is 11.9 Å². The van der Waals surface area contributed by atoms with Gasteiger partial charge in [-0.3, -0.25) is 9.59 Å². The molecule has 0 atom stereocenters. The average Bonchev–Trinajstić information content (AvgIpc) is 3.37. The van der Waals surface area contributed by atoms with Gasteiger partial charge in [0.2, 0.25) is 5.91 Å². The highest BCUT2D eigenvalue weighted by Gasteiger charge is 2.30. The Morgan fingerprint density at radius 1 is 1.34 bits per heavy atom. The van der Waals surface area contributed by atoms with Crippen LogP contribution in [0.1, 0.15) is 63.5 Å². The number of hydrogen-bond donors (Lipinski definition) is 2. The second kappa shape index (κ2) is 8.95. The van der Waals surface area contributed by atoms with Crippen LogP contribution in [0.2, 0.25) is 0 Å². The van der Waals surface area contributed by atoms with Crippen LogP contribution in [0.5, 0.6) is 0 Å². The first kappa shape index (κ1) is 21.3. The van der Waals surface area contributed by atoms with Crippen molar-refractivity contribution in [3.8, 4) is 0 Å². The lowest BCUT2D eigenvalue weighted by Crippen LogP contribution is -2.16. The second-order valence-corrected chi connectivity index (χ2v) is 8.68. The molecule has 2 heterocycles. The first-order chi connectivity index (χ1) is 13.9. The number of nitrogens with zero attached hydrogens (tertiary/aromatic N) is 3. The monoisotopic (exact) mass is 437 g/mol. The molecule has 2 amide bonds. The zero-order chi connectivity index (χ0) is 21.1. The number of primary amides is 1. The van der Waals surface area contributed by atoms with Gasteiger partial charge in [-0.25, -0.2) is 4.79 Å². The molecular weight excluding hydrogens is 414 g/mol. The Morgan fingerprint density at radius 2 is 2.07 bits per heavy atom. The number of hydrogen-bond acceptors (Lipinski definition) is 8. The van der Waals surface area contributed by atoms with Crippen LogP contribution in [0.25, 0.3) is 0 Å². The predicted octanol–water partition coefficient (Wildman–Crippen LogP) is 2.55. The normalized spacial score (nSPS) is 13.3. The standard InChI is InChI=1S/C18H23N5O4S2/c1-4-7-23-15(10-5-6-10)21-22-18(23)28-8-11(24)20-16-12(17(26)27-3)9(2)13(29-16)14(19)25/h10H,4-8H2,1-3H3,(H2,19,25)(H,20,24). The number of carbonyl (C=O) groups excluding carboxylic acids is 3. The van der Waals surface area contributed by atoms with Crippen LogP contribution in [0.3, 0.4) is 0 Å². The van der Waals surface area contributed by atoms with Gasteiger partial charge in [0, 0.05) is 12.5 Å². The van der Waals surface area contributed by atoms with Crippen LogP contribution in [-0.4, -0.2) is 45.4 Å². The van der Waals surface area contributed by atoms with Gasteiger partial charge in [-0.2, -0.15) is 0 Å². The number of amides is 2. The molecule has 2 aromatic heterocycles. The fourth-order valence-electron chi connectivity index (χ4n) is 2.96. The zero-order valence-corrected chi connectivity index (χ0v) is 18.1. The van der Waals surface area contributed by atoms with Gasteiger partial charge in [0.1, 0.15) is 10.8 Å². The third kappa shape index (κ3) is 4.61. The summed E-state index contributed by atoms with van der Waals surface area (Å²) < 4.78 is 6.85. The molecule has 0 bridgehead atoms. The van der Waals surface area contributed by atoms with E-state index in [9.17, 15) is 14.4 Å². The molecule has 1 fully saturated rings. The minimum absolute atomic E-state index is 0.0932. The van der Waals surface area contributed by atoms with Crippen molar-refractivity contribution < 1.29 is 19.1 Å². The summed E-state index contributed by atoms with van der Waals surface area (Å²) in [7, 11) is 1.24. The number of ether oxygens (including phenoxy) is 1. The molecule has 0 unspecified atom stereocenters. The van der Waals surface area contributed by atoms with Crippen molar-refractivity contribution in [2.24, 2.45) is 5.73 Å². The van der Waals surface area contributed by atoms with Gasteiger partial charge in [0.05, 0.1) is 23.3 Å². The molecule has 0 spiro atoms. The second-order valence-electron chi connectivity index (χ2n) is 6.72.